The van der Waals surface area contributed by atoms with Gasteiger partial charge < -0.3 is 5.11 Å². The summed E-state index contributed by atoms with van der Waals surface area (Å²) >= 11 is 0. The zero-order valence-corrected chi connectivity index (χ0v) is 8.49. The van der Waals surface area contributed by atoms with E-state index in [0.717, 1.165) is 25.4 Å². The molecule has 0 radical (unpaired) electrons. The summed E-state index contributed by atoms with van der Waals surface area (Å²) in [6.45, 7) is 5.75. The van der Waals surface area contributed by atoms with Gasteiger partial charge in [0.2, 0.25) is 0 Å². The maximum Gasteiger partial charge on any atom is 0.320 e. The average Bonchev–Trinajstić information content (AvgIpc) is 2.86. The van der Waals surface area contributed by atoms with Gasteiger partial charge in [-0.2, -0.15) is 0 Å². The monoisotopic (exact) mass is 185 g/mol. The maximum atomic E-state index is 10.8. The van der Waals surface area contributed by atoms with E-state index in [-0.39, 0.29) is 6.04 Å². The third-order valence-electron chi connectivity index (χ3n) is 2.61. The van der Waals surface area contributed by atoms with Crippen LogP contribution in [0.5, 0.6) is 0 Å². The van der Waals surface area contributed by atoms with Crippen LogP contribution in [-0.4, -0.2) is 35.1 Å². The zero-order valence-electron chi connectivity index (χ0n) is 8.49. The van der Waals surface area contributed by atoms with Crippen LogP contribution in [0.25, 0.3) is 0 Å². The number of hydrogen-bond acceptors (Lipinski definition) is 2. The second-order valence-corrected chi connectivity index (χ2v) is 3.95. The highest BCUT2D eigenvalue weighted by Gasteiger charge is 2.28. The molecule has 1 fully saturated rings. The summed E-state index contributed by atoms with van der Waals surface area (Å²) in [5, 5.41) is 8.87. The van der Waals surface area contributed by atoms with Crippen molar-refractivity contribution in [1.82, 2.24) is 4.90 Å². The standard InChI is InChI=1S/C10H19NO2/c1-3-6-11(7-9-4-5-9)8(2)10(12)13/h8-9H,3-7H2,1-2H3,(H,12,13). The van der Waals surface area contributed by atoms with Crippen molar-refractivity contribution in [1.29, 1.82) is 0 Å². The van der Waals surface area contributed by atoms with E-state index >= 15 is 0 Å². The van der Waals surface area contributed by atoms with Crippen molar-refractivity contribution in [3.05, 3.63) is 0 Å². The first-order valence-corrected chi connectivity index (χ1v) is 5.12. The van der Waals surface area contributed by atoms with Crippen molar-refractivity contribution < 1.29 is 9.90 Å². The average molecular weight is 185 g/mol. The van der Waals surface area contributed by atoms with E-state index in [1.54, 1.807) is 6.92 Å². The van der Waals surface area contributed by atoms with Crippen LogP contribution in [0, 0.1) is 5.92 Å². The van der Waals surface area contributed by atoms with Gasteiger partial charge in [0.15, 0.2) is 0 Å². The molecular weight excluding hydrogens is 166 g/mol. The molecule has 13 heavy (non-hydrogen) atoms. The van der Waals surface area contributed by atoms with Crippen molar-refractivity contribution in [2.75, 3.05) is 13.1 Å². The first-order valence-electron chi connectivity index (χ1n) is 5.12. The van der Waals surface area contributed by atoms with E-state index in [1.807, 2.05) is 0 Å². The Morgan fingerprint density at radius 1 is 1.62 bits per heavy atom. The molecule has 1 aliphatic carbocycles. The van der Waals surface area contributed by atoms with Gasteiger partial charge in [-0.05, 0) is 38.6 Å². The lowest BCUT2D eigenvalue weighted by Crippen LogP contribution is -2.40. The molecule has 0 aromatic rings. The quantitative estimate of drug-likeness (QED) is 0.683. The molecule has 1 N–H and O–H groups in total. The molecule has 0 amide bonds. The molecule has 3 heteroatoms. The highest BCUT2D eigenvalue weighted by molar-refractivity contribution is 5.72. The lowest BCUT2D eigenvalue weighted by Gasteiger charge is -2.25. The smallest absolute Gasteiger partial charge is 0.320 e. The molecule has 0 bridgehead atoms. The molecule has 76 valence electrons. The molecule has 3 nitrogen and oxygen atoms in total. The van der Waals surface area contributed by atoms with Crippen LogP contribution in [-0.2, 0) is 4.79 Å². The first-order chi connectivity index (χ1) is 6.15. The Kier molecular flexibility index (Phi) is 3.72. The lowest BCUT2D eigenvalue weighted by molar-refractivity contribution is -0.142. The summed E-state index contributed by atoms with van der Waals surface area (Å²) in [5.41, 5.74) is 0. The zero-order chi connectivity index (χ0) is 9.84. The molecule has 1 aliphatic rings. The Bertz CT molecular complexity index is 178. The van der Waals surface area contributed by atoms with Crippen molar-refractivity contribution in [2.24, 2.45) is 5.92 Å². The largest absolute Gasteiger partial charge is 0.480 e. The molecule has 1 atom stereocenters. The van der Waals surface area contributed by atoms with E-state index in [9.17, 15) is 4.79 Å². The predicted molar refractivity (Wildman–Crippen MR) is 51.7 cm³/mol. The Morgan fingerprint density at radius 2 is 2.23 bits per heavy atom. The highest BCUT2D eigenvalue weighted by Crippen LogP contribution is 2.30. The van der Waals surface area contributed by atoms with Gasteiger partial charge in [-0.15, -0.1) is 0 Å². The third-order valence-corrected chi connectivity index (χ3v) is 2.61. The summed E-state index contributed by atoms with van der Waals surface area (Å²) in [7, 11) is 0. The van der Waals surface area contributed by atoms with E-state index < -0.39 is 5.97 Å². The molecule has 0 spiro atoms. The van der Waals surface area contributed by atoms with Crippen LogP contribution in [0.3, 0.4) is 0 Å². The normalized spacial score (nSPS) is 19.0. The Morgan fingerprint density at radius 3 is 2.62 bits per heavy atom. The van der Waals surface area contributed by atoms with E-state index in [0.29, 0.717) is 0 Å². The molecule has 1 rings (SSSR count). The van der Waals surface area contributed by atoms with Gasteiger partial charge in [0.1, 0.15) is 6.04 Å². The SMILES string of the molecule is CCCN(CC1CC1)C(C)C(=O)O. The Labute approximate surface area is 79.7 Å². The number of nitrogens with zero attached hydrogens (tertiary/aromatic N) is 1. The van der Waals surface area contributed by atoms with Crippen molar-refractivity contribution in [3.63, 3.8) is 0 Å². The van der Waals surface area contributed by atoms with Gasteiger partial charge in [0.05, 0.1) is 0 Å². The van der Waals surface area contributed by atoms with Gasteiger partial charge in [0, 0.05) is 6.54 Å². The summed E-state index contributed by atoms with van der Waals surface area (Å²) in [6, 6.07) is -0.319. The molecule has 0 heterocycles. The van der Waals surface area contributed by atoms with Crippen LogP contribution in [0.4, 0.5) is 0 Å². The van der Waals surface area contributed by atoms with Crippen LogP contribution < -0.4 is 0 Å². The number of carboxylic acids is 1. The minimum atomic E-state index is -0.700. The van der Waals surface area contributed by atoms with Crippen molar-refractivity contribution in [2.45, 2.75) is 39.2 Å². The molecule has 0 aromatic carbocycles. The minimum absolute atomic E-state index is 0.319. The van der Waals surface area contributed by atoms with E-state index in [2.05, 4.69) is 11.8 Å². The predicted octanol–water partition coefficient (Wildman–Crippen LogP) is 1.58. The number of carbonyl (C=O) groups is 1. The van der Waals surface area contributed by atoms with Crippen LogP contribution >= 0.6 is 0 Å². The van der Waals surface area contributed by atoms with Gasteiger partial charge in [-0.25, -0.2) is 0 Å². The van der Waals surface area contributed by atoms with E-state index in [4.69, 9.17) is 5.11 Å². The van der Waals surface area contributed by atoms with E-state index in [1.165, 1.54) is 12.8 Å². The van der Waals surface area contributed by atoms with Crippen molar-refractivity contribution >= 4 is 5.97 Å². The number of rotatable bonds is 6. The van der Waals surface area contributed by atoms with Gasteiger partial charge in [0.25, 0.3) is 0 Å². The first kappa shape index (κ1) is 10.5. The second-order valence-electron chi connectivity index (χ2n) is 3.95. The number of carboxylic acid groups (broad SMARTS) is 1. The fraction of sp³-hybridized carbons (Fsp3) is 0.900. The Balaban J connectivity index is 2.38. The number of hydrogen-bond donors (Lipinski definition) is 1. The minimum Gasteiger partial charge on any atom is -0.480 e. The molecule has 0 aliphatic heterocycles. The third kappa shape index (κ3) is 3.35. The van der Waals surface area contributed by atoms with Crippen LogP contribution in [0.1, 0.15) is 33.1 Å². The summed E-state index contributed by atoms with van der Waals surface area (Å²) in [5.74, 6) is 0.0717. The van der Waals surface area contributed by atoms with Gasteiger partial charge >= 0.3 is 5.97 Å². The fourth-order valence-corrected chi connectivity index (χ4v) is 1.52. The van der Waals surface area contributed by atoms with Gasteiger partial charge in [-0.1, -0.05) is 6.92 Å². The second kappa shape index (κ2) is 4.61. The van der Waals surface area contributed by atoms with Crippen LogP contribution in [0.2, 0.25) is 0 Å². The topological polar surface area (TPSA) is 40.5 Å². The summed E-state index contributed by atoms with van der Waals surface area (Å²) in [4.78, 5) is 12.9. The molecule has 1 saturated carbocycles. The molecule has 0 aromatic heterocycles. The highest BCUT2D eigenvalue weighted by atomic mass is 16.4. The van der Waals surface area contributed by atoms with Crippen LogP contribution in [0.15, 0.2) is 0 Å². The Hall–Kier alpha value is -0.570. The number of aliphatic carboxylic acids is 1. The fourth-order valence-electron chi connectivity index (χ4n) is 1.52. The van der Waals surface area contributed by atoms with Crippen molar-refractivity contribution in [3.8, 4) is 0 Å². The maximum absolute atomic E-state index is 10.8. The van der Waals surface area contributed by atoms with Gasteiger partial charge in [-0.3, -0.25) is 9.69 Å². The molecular formula is C10H19NO2. The molecule has 1 unspecified atom stereocenters. The molecule has 0 saturated heterocycles. The lowest BCUT2D eigenvalue weighted by atomic mass is 10.2. The summed E-state index contributed by atoms with van der Waals surface area (Å²) < 4.78 is 0. The summed E-state index contributed by atoms with van der Waals surface area (Å²) in [6.07, 6.45) is 3.60.